The summed E-state index contributed by atoms with van der Waals surface area (Å²) in [5, 5.41) is 18.4. The molecule has 0 bridgehead atoms. The second kappa shape index (κ2) is 5.85. The van der Waals surface area contributed by atoms with Crippen molar-refractivity contribution >= 4 is 11.6 Å². The van der Waals surface area contributed by atoms with Gasteiger partial charge in [0.25, 0.3) is 0 Å². The van der Waals surface area contributed by atoms with Crippen LogP contribution in [0.4, 0.5) is 0 Å². The summed E-state index contributed by atoms with van der Waals surface area (Å²) in [4.78, 5) is 0. The van der Waals surface area contributed by atoms with E-state index in [0.717, 1.165) is 24.5 Å². The minimum atomic E-state index is -0.758. The summed E-state index contributed by atoms with van der Waals surface area (Å²) in [5.41, 5.74) is 0.948. The zero-order valence-corrected chi connectivity index (χ0v) is 11.8. The predicted octanol–water partition coefficient (Wildman–Crippen LogP) is 1.68. The second-order valence-electron chi connectivity index (χ2n) is 4.75. The quantitative estimate of drug-likeness (QED) is 0.765. The SMILES string of the molecule is CCNCCC(C)(O)Cc1c(Cl)c(C)nn1C. The first-order valence-corrected chi connectivity index (χ1v) is 6.36. The Kier molecular flexibility index (Phi) is 4.98. The maximum atomic E-state index is 10.3. The first-order valence-electron chi connectivity index (χ1n) is 5.98. The average Bonchev–Trinajstić information content (AvgIpc) is 2.45. The highest BCUT2D eigenvalue weighted by Crippen LogP contribution is 2.25. The van der Waals surface area contributed by atoms with E-state index in [9.17, 15) is 5.11 Å². The molecule has 0 fully saturated rings. The molecular formula is C12H22ClN3O. The molecule has 0 amide bonds. The molecule has 17 heavy (non-hydrogen) atoms. The molecule has 4 nitrogen and oxygen atoms in total. The molecule has 0 aliphatic heterocycles. The van der Waals surface area contributed by atoms with E-state index in [0.29, 0.717) is 17.9 Å². The van der Waals surface area contributed by atoms with Crippen LogP contribution in [-0.4, -0.2) is 33.6 Å². The molecule has 0 radical (unpaired) electrons. The summed E-state index contributed by atoms with van der Waals surface area (Å²) in [5.74, 6) is 0. The molecule has 0 saturated heterocycles. The summed E-state index contributed by atoms with van der Waals surface area (Å²) >= 11 is 6.17. The molecule has 0 aliphatic rings. The standard InChI is InChI=1S/C12H22ClN3O/c1-5-14-7-6-12(3,17)8-10-11(13)9(2)15-16(10)4/h14,17H,5-8H2,1-4H3. The zero-order valence-electron chi connectivity index (χ0n) is 11.0. The van der Waals surface area contributed by atoms with E-state index in [1.165, 1.54) is 0 Å². The topological polar surface area (TPSA) is 50.1 Å². The minimum Gasteiger partial charge on any atom is -0.390 e. The molecule has 1 heterocycles. The maximum absolute atomic E-state index is 10.3. The number of rotatable bonds is 6. The summed E-state index contributed by atoms with van der Waals surface area (Å²) in [7, 11) is 1.86. The second-order valence-corrected chi connectivity index (χ2v) is 5.12. The average molecular weight is 260 g/mol. The zero-order chi connectivity index (χ0) is 13.1. The lowest BCUT2D eigenvalue weighted by Gasteiger charge is -2.23. The number of halogens is 1. The van der Waals surface area contributed by atoms with Crippen LogP contribution in [0.15, 0.2) is 0 Å². The lowest BCUT2D eigenvalue weighted by atomic mass is 9.96. The Morgan fingerprint density at radius 3 is 2.65 bits per heavy atom. The monoisotopic (exact) mass is 259 g/mol. The van der Waals surface area contributed by atoms with E-state index < -0.39 is 5.60 Å². The van der Waals surface area contributed by atoms with Crippen molar-refractivity contribution in [3.63, 3.8) is 0 Å². The van der Waals surface area contributed by atoms with Crippen LogP contribution in [0.25, 0.3) is 0 Å². The van der Waals surface area contributed by atoms with Crippen LogP contribution < -0.4 is 5.32 Å². The first-order chi connectivity index (χ1) is 7.87. The molecule has 1 aromatic rings. The van der Waals surface area contributed by atoms with Gasteiger partial charge in [0, 0.05) is 13.5 Å². The van der Waals surface area contributed by atoms with E-state index in [4.69, 9.17) is 11.6 Å². The predicted molar refractivity (Wildman–Crippen MR) is 70.4 cm³/mol. The van der Waals surface area contributed by atoms with Crippen LogP contribution in [0.1, 0.15) is 31.7 Å². The van der Waals surface area contributed by atoms with Gasteiger partial charge in [0.2, 0.25) is 0 Å². The number of aryl methyl sites for hydroxylation is 2. The van der Waals surface area contributed by atoms with E-state index >= 15 is 0 Å². The maximum Gasteiger partial charge on any atom is 0.0848 e. The van der Waals surface area contributed by atoms with Crippen LogP contribution >= 0.6 is 11.6 Å². The summed E-state index contributed by atoms with van der Waals surface area (Å²) in [6, 6.07) is 0. The molecule has 2 N–H and O–H groups in total. The Balaban J connectivity index is 2.68. The molecule has 5 heteroatoms. The van der Waals surface area contributed by atoms with Gasteiger partial charge in [0.1, 0.15) is 0 Å². The highest BCUT2D eigenvalue weighted by molar-refractivity contribution is 6.31. The molecule has 0 aliphatic carbocycles. The fourth-order valence-corrected chi connectivity index (χ4v) is 2.08. The lowest BCUT2D eigenvalue weighted by molar-refractivity contribution is 0.0498. The van der Waals surface area contributed by atoms with Gasteiger partial charge in [-0.1, -0.05) is 18.5 Å². The molecule has 1 atom stereocenters. The van der Waals surface area contributed by atoms with E-state index in [1.54, 1.807) is 4.68 Å². The van der Waals surface area contributed by atoms with Gasteiger partial charge >= 0.3 is 0 Å². The van der Waals surface area contributed by atoms with Crippen molar-refractivity contribution in [2.24, 2.45) is 7.05 Å². The molecule has 1 unspecified atom stereocenters. The highest BCUT2D eigenvalue weighted by Gasteiger charge is 2.24. The van der Waals surface area contributed by atoms with Gasteiger partial charge in [-0.3, -0.25) is 4.68 Å². The number of aromatic nitrogens is 2. The Hall–Kier alpha value is -0.580. The van der Waals surface area contributed by atoms with Gasteiger partial charge in [0.05, 0.1) is 22.0 Å². The van der Waals surface area contributed by atoms with E-state index in [-0.39, 0.29) is 0 Å². The summed E-state index contributed by atoms with van der Waals surface area (Å²) in [6.45, 7) is 7.48. The van der Waals surface area contributed by atoms with E-state index in [2.05, 4.69) is 17.3 Å². The van der Waals surface area contributed by atoms with Crippen LogP contribution in [0.3, 0.4) is 0 Å². The number of nitrogens with zero attached hydrogens (tertiary/aromatic N) is 2. The fraction of sp³-hybridized carbons (Fsp3) is 0.750. The van der Waals surface area contributed by atoms with Gasteiger partial charge in [-0.15, -0.1) is 0 Å². The summed E-state index contributed by atoms with van der Waals surface area (Å²) < 4.78 is 1.75. The van der Waals surface area contributed by atoms with Crippen molar-refractivity contribution < 1.29 is 5.11 Å². The molecule has 1 aromatic heterocycles. The van der Waals surface area contributed by atoms with Crippen LogP contribution in [0.2, 0.25) is 5.02 Å². The third-order valence-corrected chi connectivity index (χ3v) is 3.39. The molecular weight excluding hydrogens is 238 g/mol. The Morgan fingerprint density at radius 1 is 1.53 bits per heavy atom. The van der Waals surface area contributed by atoms with Crippen LogP contribution in [0.5, 0.6) is 0 Å². The van der Waals surface area contributed by atoms with Crippen molar-refractivity contribution in [2.45, 2.75) is 39.2 Å². The number of hydrogen-bond acceptors (Lipinski definition) is 3. The first kappa shape index (κ1) is 14.5. The smallest absolute Gasteiger partial charge is 0.0848 e. The largest absolute Gasteiger partial charge is 0.390 e. The van der Waals surface area contributed by atoms with Gasteiger partial charge in [0.15, 0.2) is 0 Å². The van der Waals surface area contributed by atoms with Gasteiger partial charge in [-0.2, -0.15) is 5.10 Å². The third kappa shape index (κ3) is 3.98. The Bertz CT molecular complexity index is 374. The fourth-order valence-electron chi connectivity index (χ4n) is 1.86. The number of nitrogens with one attached hydrogen (secondary N) is 1. The molecule has 1 rings (SSSR count). The normalized spacial score (nSPS) is 14.9. The number of aliphatic hydroxyl groups is 1. The van der Waals surface area contributed by atoms with E-state index in [1.807, 2.05) is 20.9 Å². The van der Waals surface area contributed by atoms with Crippen LogP contribution in [-0.2, 0) is 13.5 Å². The van der Waals surface area contributed by atoms with Crippen LogP contribution in [0, 0.1) is 6.92 Å². The van der Waals surface area contributed by atoms with Crippen molar-refractivity contribution in [2.75, 3.05) is 13.1 Å². The number of hydrogen-bond donors (Lipinski definition) is 2. The van der Waals surface area contributed by atoms with Gasteiger partial charge < -0.3 is 10.4 Å². The highest BCUT2D eigenvalue weighted by atomic mass is 35.5. The Labute approximate surface area is 108 Å². The lowest BCUT2D eigenvalue weighted by Crippen LogP contribution is -2.33. The van der Waals surface area contributed by atoms with Crippen molar-refractivity contribution in [1.29, 1.82) is 0 Å². The third-order valence-electron chi connectivity index (χ3n) is 2.90. The van der Waals surface area contributed by atoms with Gasteiger partial charge in [-0.25, -0.2) is 0 Å². The van der Waals surface area contributed by atoms with Crippen molar-refractivity contribution in [3.8, 4) is 0 Å². The van der Waals surface area contributed by atoms with Crippen molar-refractivity contribution in [1.82, 2.24) is 15.1 Å². The summed E-state index contributed by atoms with van der Waals surface area (Å²) in [6.07, 6.45) is 1.22. The molecule has 0 spiro atoms. The van der Waals surface area contributed by atoms with Crippen molar-refractivity contribution in [3.05, 3.63) is 16.4 Å². The molecule has 0 saturated carbocycles. The molecule has 98 valence electrons. The molecule has 0 aromatic carbocycles. The minimum absolute atomic E-state index is 0.522. The van der Waals surface area contributed by atoms with Gasteiger partial charge in [-0.05, 0) is 33.4 Å². The Morgan fingerprint density at radius 2 is 2.18 bits per heavy atom.